The van der Waals surface area contributed by atoms with Gasteiger partial charge in [-0.05, 0) is 5.56 Å². The Kier molecular flexibility index (Phi) is 4.25. The van der Waals surface area contributed by atoms with Crippen molar-refractivity contribution in [3.05, 3.63) is 42.0 Å². The number of hydrogen-bond donors (Lipinski definition) is 0. The van der Waals surface area contributed by atoms with Gasteiger partial charge < -0.3 is 9.80 Å². The number of amides is 1. The van der Waals surface area contributed by atoms with E-state index in [0.29, 0.717) is 0 Å². The molecule has 3 rings (SSSR count). The third kappa shape index (κ3) is 3.03. The zero-order valence-electron chi connectivity index (χ0n) is 13.4. The van der Waals surface area contributed by atoms with Crippen molar-refractivity contribution >= 4 is 33.3 Å². The summed E-state index contributed by atoms with van der Waals surface area (Å²) >= 11 is 1.59. The molecule has 0 aliphatic carbocycles. The highest BCUT2D eigenvalue weighted by atomic mass is 32.1. The molecule has 0 aliphatic heterocycles. The Labute approximate surface area is 139 Å². The summed E-state index contributed by atoms with van der Waals surface area (Å²) in [4.78, 5) is 25.2. The van der Waals surface area contributed by atoms with E-state index >= 15 is 0 Å². The van der Waals surface area contributed by atoms with Crippen LogP contribution in [0.4, 0.5) is 5.82 Å². The summed E-state index contributed by atoms with van der Waals surface area (Å²) in [7, 11) is 5.40. The minimum absolute atomic E-state index is 0.0377. The first-order valence-corrected chi connectivity index (χ1v) is 8.15. The molecule has 118 valence electrons. The summed E-state index contributed by atoms with van der Waals surface area (Å²) in [5.41, 5.74) is 2.23. The molecule has 6 heteroatoms. The van der Waals surface area contributed by atoms with Gasteiger partial charge in [-0.15, -0.1) is 11.3 Å². The maximum atomic E-state index is 12.0. The molecule has 0 aliphatic rings. The smallest absolute Gasteiger partial charge is 0.241 e. The number of rotatable bonds is 4. The molecule has 3 aromatic rings. The highest BCUT2D eigenvalue weighted by molar-refractivity contribution is 7.17. The first-order valence-electron chi connectivity index (χ1n) is 7.27. The molecule has 0 unspecified atom stereocenters. The Morgan fingerprint density at radius 1 is 1.13 bits per heavy atom. The topological polar surface area (TPSA) is 49.3 Å². The van der Waals surface area contributed by atoms with Crippen molar-refractivity contribution in [2.75, 3.05) is 32.6 Å². The summed E-state index contributed by atoms with van der Waals surface area (Å²) in [6.07, 6.45) is 1.56. The normalized spacial score (nSPS) is 10.7. The van der Waals surface area contributed by atoms with Crippen molar-refractivity contribution in [3.63, 3.8) is 0 Å². The van der Waals surface area contributed by atoms with Gasteiger partial charge in [0.2, 0.25) is 5.91 Å². The number of carbonyl (C=O) groups excluding carboxylic acids is 1. The van der Waals surface area contributed by atoms with Crippen LogP contribution in [0.2, 0.25) is 0 Å². The van der Waals surface area contributed by atoms with Crippen molar-refractivity contribution < 1.29 is 4.79 Å². The Morgan fingerprint density at radius 2 is 1.87 bits per heavy atom. The summed E-state index contributed by atoms with van der Waals surface area (Å²) in [5, 5.41) is 3.09. The standard InChI is InChI=1S/C17H18N4OS/c1-20(2)14(22)9-21(3)16-15-13(12-7-5-4-6-8-12)10-23-17(15)19-11-18-16/h4-8,10-11H,9H2,1-3H3. The van der Waals surface area contributed by atoms with Gasteiger partial charge in [0.25, 0.3) is 0 Å². The molecule has 0 fully saturated rings. The maximum Gasteiger partial charge on any atom is 0.241 e. The van der Waals surface area contributed by atoms with Gasteiger partial charge in [0.15, 0.2) is 0 Å². The van der Waals surface area contributed by atoms with Crippen molar-refractivity contribution in [3.8, 4) is 11.1 Å². The van der Waals surface area contributed by atoms with Crippen LogP contribution in [0, 0.1) is 0 Å². The largest absolute Gasteiger partial charge is 0.350 e. The summed E-state index contributed by atoms with van der Waals surface area (Å²) in [6.45, 7) is 0.281. The minimum atomic E-state index is 0.0377. The number of benzene rings is 1. The number of hydrogen-bond acceptors (Lipinski definition) is 5. The molecule has 0 spiro atoms. The molecule has 2 heterocycles. The van der Waals surface area contributed by atoms with E-state index in [1.165, 1.54) is 0 Å². The second-order valence-corrected chi connectivity index (χ2v) is 6.40. The first kappa shape index (κ1) is 15.4. The van der Waals surface area contributed by atoms with E-state index in [-0.39, 0.29) is 12.5 Å². The number of aromatic nitrogens is 2. The van der Waals surface area contributed by atoms with Crippen molar-refractivity contribution in [2.45, 2.75) is 0 Å². The van der Waals surface area contributed by atoms with Gasteiger partial charge in [-0.25, -0.2) is 9.97 Å². The summed E-state index contributed by atoms with van der Waals surface area (Å²) < 4.78 is 0. The lowest BCUT2D eigenvalue weighted by Gasteiger charge is -2.21. The Morgan fingerprint density at radius 3 is 2.57 bits per heavy atom. The number of likely N-dealkylation sites (N-methyl/N-ethyl adjacent to an activating group) is 2. The molecule has 1 aromatic carbocycles. The van der Waals surface area contributed by atoms with E-state index in [1.807, 2.05) is 30.1 Å². The monoisotopic (exact) mass is 326 g/mol. The van der Waals surface area contributed by atoms with E-state index < -0.39 is 0 Å². The highest BCUT2D eigenvalue weighted by Gasteiger charge is 2.17. The number of fused-ring (bicyclic) bond motifs is 1. The Balaban J connectivity index is 2.07. The maximum absolute atomic E-state index is 12.0. The fraction of sp³-hybridized carbons (Fsp3) is 0.235. The van der Waals surface area contributed by atoms with Crippen LogP contribution in [0.3, 0.4) is 0 Å². The van der Waals surface area contributed by atoms with Crippen LogP contribution >= 0.6 is 11.3 Å². The van der Waals surface area contributed by atoms with Crippen molar-refractivity contribution in [2.24, 2.45) is 0 Å². The fourth-order valence-corrected chi connectivity index (χ4v) is 3.31. The van der Waals surface area contributed by atoms with Gasteiger partial charge in [0, 0.05) is 32.1 Å². The van der Waals surface area contributed by atoms with Crippen LogP contribution in [-0.4, -0.2) is 48.5 Å². The minimum Gasteiger partial charge on any atom is -0.350 e. The first-order chi connectivity index (χ1) is 11.1. The zero-order valence-corrected chi connectivity index (χ0v) is 14.2. The van der Waals surface area contributed by atoms with Crippen LogP contribution in [-0.2, 0) is 4.79 Å². The molecular weight excluding hydrogens is 308 g/mol. The molecule has 5 nitrogen and oxygen atoms in total. The van der Waals surface area contributed by atoms with Crippen LogP contribution in [0.1, 0.15) is 0 Å². The highest BCUT2D eigenvalue weighted by Crippen LogP contribution is 2.37. The number of anilines is 1. The lowest BCUT2D eigenvalue weighted by Crippen LogP contribution is -2.34. The number of thiophene rings is 1. The van der Waals surface area contributed by atoms with Crippen LogP contribution in [0.5, 0.6) is 0 Å². The van der Waals surface area contributed by atoms with Gasteiger partial charge in [0.05, 0.1) is 11.9 Å². The van der Waals surface area contributed by atoms with E-state index in [1.54, 1.807) is 36.7 Å². The van der Waals surface area contributed by atoms with Crippen LogP contribution in [0.25, 0.3) is 21.3 Å². The number of carbonyl (C=O) groups is 1. The molecule has 2 aromatic heterocycles. The van der Waals surface area contributed by atoms with Crippen molar-refractivity contribution in [1.29, 1.82) is 0 Å². The zero-order chi connectivity index (χ0) is 16.4. The van der Waals surface area contributed by atoms with Crippen LogP contribution < -0.4 is 4.90 Å². The average molecular weight is 326 g/mol. The van der Waals surface area contributed by atoms with E-state index in [2.05, 4.69) is 27.5 Å². The predicted molar refractivity (Wildman–Crippen MR) is 94.8 cm³/mol. The second-order valence-electron chi connectivity index (χ2n) is 5.54. The third-order valence-electron chi connectivity index (χ3n) is 3.67. The van der Waals surface area contributed by atoms with Gasteiger partial charge in [-0.1, -0.05) is 30.3 Å². The molecule has 0 atom stereocenters. The molecule has 1 amide bonds. The molecular formula is C17H18N4OS. The van der Waals surface area contributed by atoms with Gasteiger partial charge >= 0.3 is 0 Å². The second kappa shape index (κ2) is 6.34. The summed E-state index contributed by atoms with van der Waals surface area (Å²) in [5.74, 6) is 0.820. The van der Waals surface area contributed by atoms with E-state index in [4.69, 9.17) is 0 Å². The van der Waals surface area contributed by atoms with Gasteiger partial charge in [0.1, 0.15) is 17.0 Å². The number of nitrogens with zero attached hydrogens (tertiary/aromatic N) is 4. The molecule has 0 saturated carbocycles. The molecule has 0 saturated heterocycles. The molecule has 0 bridgehead atoms. The Hall–Kier alpha value is -2.47. The van der Waals surface area contributed by atoms with Crippen molar-refractivity contribution in [1.82, 2.24) is 14.9 Å². The molecule has 0 radical (unpaired) electrons. The van der Waals surface area contributed by atoms with E-state index in [0.717, 1.165) is 27.2 Å². The van der Waals surface area contributed by atoms with Gasteiger partial charge in [-0.3, -0.25) is 4.79 Å². The lowest BCUT2D eigenvalue weighted by molar-refractivity contribution is -0.127. The predicted octanol–water partition coefficient (Wildman–Crippen LogP) is 2.88. The van der Waals surface area contributed by atoms with Gasteiger partial charge in [-0.2, -0.15) is 0 Å². The van der Waals surface area contributed by atoms with Crippen LogP contribution in [0.15, 0.2) is 42.0 Å². The lowest BCUT2D eigenvalue weighted by atomic mass is 10.1. The quantitative estimate of drug-likeness (QED) is 0.740. The average Bonchev–Trinajstić information content (AvgIpc) is 2.99. The Bertz CT molecular complexity index is 829. The third-order valence-corrected chi connectivity index (χ3v) is 4.55. The molecule has 0 N–H and O–H groups in total. The molecule has 23 heavy (non-hydrogen) atoms. The SMILES string of the molecule is CN(C)C(=O)CN(C)c1ncnc2scc(-c3ccccc3)c12. The fourth-order valence-electron chi connectivity index (χ4n) is 2.40. The summed E-state index contributed by atoms with van der Waals surface area (Å²) in [6, 6.07) is 10.2. The van der Waals surface area contributed by atoms with E-state index in [9.17, 15) is 4.79 Å².